The first-order valence-electron chi connectivity index (χ1n) is 13.9. The van der Waals surface area contributed by atoms with Gasteiger partial charge in [0.2, 0.25) is 5.91 Å². The van der Waals surface area contributed by atoms with Gasteiger partial charge in [0.1, 0.15) is 18.1 Å². The van der Waals surface area contributed by atoms with Crippen LogP contribution in [0.1, 0.15) is 54.3 Å². The molecule has 5 heterocycles. The van der Waals surface area contributed by atoms with Crippen molar-refractivity contribution in [1.82, 2.24) is 29.3 Å². The minimum absolute atomic E-state index is 0.265. The number of hydrogen-bond donors (Lipinski definition) is 1. The van der Waals surface area contributed by atoms with Crippen LogP contribution in [0.15, 0.2) is 65.7 Å². The van der Waals surface area contributed by atoms with E-state index in [9.17, 15) is 14.4 Å². The first kappa shape index (κ1) is 25.0. The van der Waals surface area contributed by atoms with Crippen molar-refractivity contribution in [3.05, 3.63) is 87.7 Å². The number of halogens is 1. The highest BCUT2D eigenvalue weighted by atomic mass is 35.5. The van der Waals surface area contributed by atoms with Crippen LogP contribution in [0.5, 0.6) is 0 Å². The van der Waals surface area contributed by atoms with Crippen molar-refractivity contribution in [1.29, 1.82) is 0 Å². The summed E-state index contributed by atoms with van der Waals surface area (Å²) in [6.45, 7) is 0. The fourth-order valence-corrected chi connectivity index (χ4v) is 7.01. The van der Waals surface area contributed by atoms with Gasteiger partial charge >= 0.3 is 5.97 Å². The van der Waals surface area contributed by atoms with Crippen molar-refractivity contribution in [2.75, 3.05) is 5.32 Å². The number of benzene rings is 2. The van der Waals surface area contributed by atoms with Crippen molar-refractivity contribution in [2.45, 2.75) is 50.3 Å². The van der Waals surface area contributed by atoms with Gasteiger partial charge in [-0.25, -0.2) is 4.79 Å². The molecule has 1 atom stereocenters. The van der Waals surface area contributed by atoms with Gasteiger partial charge in [0, 0.05) is 46.3 Å². The fourth-order valence-electron chi connectivity index (χ4n) is 6.84. The summed E-state index contributed by atoms with van der Waals surface area (Å²) in [4.78, 5) is 39.5. The molecule has 1 N–H and O–H groups in total. The molecule has 1 saturated carbocycles. The Kier molecular flexibility index (Phi) is 5.42. The number of carbonyl (C=O) groups excluding carboxylic acids is 2. The first-order chi connectivity index (χ1) is 20.4. The molecule has 1 aliphatic carbocycles. The topological polar surface area (TPSA) is 126 Å². The van der Waals surface area contributed by atoms with Crippen molar-refractivity contribution >= 4 is 40.1 Å². The lowest BCUT2D eigenvalue weighted by Gasteiger charge is -2.25. The molecule has 2 aromatic carbocycles. The Labute approximate surface area is 243 Å². The van der Waals surface area contributed by atoms with E-state index in [0.717, 1.165) is 42.3 Å². The number of pyridine rings is 1. The third-order valence-electron chi connectivity index (χ3n) is 8.65. The van der Waals surface area contributed by atoms with E-state index in [0.29, 0.717) is 46.1 Å². The number of aromatic nitrogens is 6. The molecule has 3 aromatic heterocycles. The normalized spacial score (nSPS) is 18.4. The average molecular weight is 582 g/mol. The average Bonchev–Trinajstić information content (AvgIpc) is 3.80. The van der Waals surface area contributed by atoms with Gasteiger partial charge in [-0.1, -0.05) is 11.6 Å². The number of tetrazole rings is 1. The zero-order chi connectivity index (χ0) is 28.6. The number of nitrogens with one attached hydrogen (secondary N) is 1. The molecule has 5 aromatic rings. The highest BCUT2D eigenvalue weighted by Gasteiger charge is 2.48. The van der Waals surface area contributed by atoms with E-state index in [1.165, 1.54) is 17.1 Å². The van der Waals surface area contributed by atoms with Gasteiger partial charge in [0.15, 0.2) is 5.72 Å². The smallest absolute Gasteiger partial charge is 0.357 e. The van der Waals surface area contributed by atoms with Crippen molar-refractivity contribution in [2.24, 2.45) is 0 Å². The Morgan fingerprint density at radius 2 is 1.90 bits per heavy atom. The van der Waals surface area contributed by atoms with E-state index in [4.69, 9.17) is 16.3 Å². The predicted octanol–water partition coefficient (Wildman–Crippen LogP) is 4.62. The van der Waals surface area contributed by atoms with Crippen LogP contribution < -0.4 is 10.9 Å². The third kappa shape index (κ3) is 3.73. The molecule has 1 spiro atoms. The van der Waals surface area contributed by atoms with Crippen LogP contribution in [0.4, 0.5) is 5.69 Å². The summed E-state index contributed by atoms with van der Waals surface area (Å²) in [5.74, 6) is -0.568. The molecule has 42 heavy (non-hydrogen) atoms. The summed E-state index contributed by atoms with van der Waals surface area (Å²) in [7, 11) is 0. The maximum Gasteiger partial charge on any atom is 0.357 e. The highest BCUT2D eigenvalue weighted by molar-refractivity contribution is 6.31. The summed E-state index contributed by atoms with van der Waals surface area (Å²) in [5, 5.41) is 15.8. The number of hydrogen-bond acceptors (Lipinski definition) is 7. The van der Waals surface area contributed by atoms with E-state index >= 15 is 0 Å². The lowest BCUT2D eigenvalue weighted by atomic mass is 10.0. The summed E-state index contributed by atoms with van der Waals surface area (Å²) < 4.78 is 10.9. The van der Waals surface area contributed by atoms with Crippen molar-refractivity contribution in [3.63, 3.8) is 0 Å². The number of esters is 1. The molecular formula is C30H24ClN7O4. The zero-order valence-electron chi connectivity index (χ0n) is 22.3. The minimum atomic E-state index is -0.647. The van der Waals surface area contributed by atoms with E-state index in [1.807, 2.05) is 34.9 Å². The molecule has 0 unspecified atom stereocenters. The van der Waals surface area contributed by atoms with Crippen LogP contribution in [0.3, 0.4) is 0 Å². The third-order valence-corrected chi connectivity index (χ3v) is 8.89. The largest absolute Gasteiger partial charge is 0.434 e. The van der Waals surface area contributed by atoms with E-state index < -0.39 is 11.8 Å². The van der Waals surface area contributed by atoms with Crippen LogP contribution in [0, 0.1) is 0 Å². The number of nitrogens with zero attached hydrogens (tertiary/aromatic N) is 6. The highest BCUT2D eigenvalue weighted by Crippen LogP contribution is 2.46. The second kappa shape index (κ2) is 9.12. The Hall–Kier alpha value is -4.77. The number of rotatable bonds is 4. The van der Waals surface area contributed by atoms with Gasteiger partial charge in [-0.15, -0.1) is 5.10 Å². The van der Waals surface area contributed by atoms with Crippen LogP contribution in [0.2, 0.25) is 5.02 Å². The Balaban J connectivity index is 1.09. The van der Waals surface area contributed by atoms with Gasteiger partial charge in [0.25, 0.3) is 5.56 Å². The molecule has 11 nitrogen and oxygen atoms in total. The van der Waals surface area contributed by atoms with Crippen LogP contribution in [0.25, 0.3) is 27.7 Å². The van der Waals surface area contributed by atoms with Crippen LogP contribution >= 0.6 is 11.6 Å². The Bertz CT molecular complexity index is 1990. The maximum atomic E-state index is 13.5. The number of carbonyl (C=O) groups is 2. The fraction of sp³-hybridized carbons (Fsp3) is 0.267. The molecule has 12 heteroatoms. The lowest BCUT2D eigenvalue weighted by Crippen LogP contribution is -2.31. The molecule has 8 rings (SSSR count). The summed E-state index contributed by atoms with van der Waals surface area (Å²) in [5.41, 5.74) is 4.02. The summed E-state index contributed by atoms with van der Waals surface area (Å²) >= 11 is 6.30. The molecule has 2 aliphatic heterocycles. The van der Waals surface area contributed by atoms with Crippen molar-refractivity contribution < 1.29 is 14.3 Å². The van der Waals surface area contributed by atoms with E-state index in [-0.39, 0.29) is 17.4 Å². The molecule has 1 amide bonds. The van der Waals surface area contributed by atoms with Crippen LogP contribution in [-0.4, -0.2) is 41.2 Å². The minimum Gasteiger partial charge on any atom is -0.434 e. The quantitative estimate of drug-likeness (QED) is 0.307. The molecule has 0 saturated heterocycles. The molecule has 0 bridgehead atoms. The van der Waals surface area contributed by atoms with Gasteiger partial charge in [-0.2, -0.15) is 4.68 Å². The van der Waals surface area contributed by atoms with Crippen molar-refractivity contribution in [3.8, 4) is 16.8 Å². The first-order valence-corrected chi connectivity index (χ1v) is 14.3. The van der Waals surface area contributed by atoms with E-state index in [1.54, 1.807) is 22.8 Å². The molecule has 210 valence electrons. The lowest BCUT2D eigenvalue weighted by molar-refractivity contribution is -0.119. The van der Waals surface area contributed by atoms with Gasteiger partial charge in [0.05, 0.1) is 11.2 Å². The number of ether oxygens (including phenoxy) is 1. The van der Waals surface area contributed by atoms with Gasteiger partial charge in [-0.05, 0) is 90.2 Å². The van der Waals surface area contributed by atoms with E-state index in [2.05, 4.69) is 20.8 Å². The van der Waals surface area contributed by atoms with Crippen LogP contribution in [-0.2, 0) is 21.7 Å². The van der Waals surface area contributed by atoms with Gasteiger partial charge in [-0.3, -0.25) is 14.2 Å². The molecule has 1 fully saturated rings. The Morgan fingerprint density at radius 1 is 1.05 bits per heavy atom. The monoisotopic (exact) mass is 581 g/mol. The second-order valence-corrected chi connectivity index (χ2v) is 11.5. The standard InChI is InChI=1S/C30H24ClN7O4/c31-19-3-6-24(36-16-32-34-35-36)22(15-19)17-12-21-5-8-25(37(21)27(39)14-17)28(40)33-20-4-7-23-18(11-20)13-26-29(41)42-30(38(23)26)9-1-2-10-30/h3-4,6-7,11-16,25H,1-2,5,8-10H2,(H,33,40)/t25-/m0/s1. The van der Waals surface area contributed by atoms with Gasteiger partial charge < -0.3 is 14.6 Å². The second-order valence-electron chi connectivity index (χ2n) is 11.1. The summed E-state index contributed by atoms with van der Waals surface area (Å²) in [6, 6.07) is 15.5. The summed E-state index contributed by atoms with van der Waals surface area (Å²) in [6.07, 6.45) is 6.19. The maximum absolute atomic E-state index is 13.5. The number of aryl methyl sites for hydroxylation is 1. The SMILES string of the molecule is O=C1OC2(CCCC2)n2c1cc1cc(NC(=O)[C@@H]3CCc4cc(-c5cc(Cl)ccc5-n5cnnn5)cc(=O)n43)ccc12. The molecule has 3 aliphatic rings. The number of anilines is 1. The number of fused-ring (bicyclic) bond motifs is 5. The predicted molar refractivity (Wildman–Crippen MR) is 154 cm³/mol. The number of amides is 1. The Morgan fingerprint density at radius 3 is 2.71 bits per heavy atom. The molecule has 0 radical (unpaired) electrons. The zero-order valence-corrected chi connectivity index (χ0v) is 23.0. The molecular weight excluding hydrogens is 558 g/mol.